The van der Waals surface area contributed by atoms with Gasteiger partial charge < -0.3 is 9.59 Å². The molecule has 3 fully saturated rings. The molecule has 0 aliphatic carbocycles. The Hall–Kier alpha value is -3.53. The van der Waals surface area contributed by atoms with Crippen LogP contribution in [0.25, 0.3) is 32.4 Å². The van der Waals surface area contributed by atoms with Gasteiger partial charge in [-0.2, -0.15) is 0 Å². The van der Waals surface area contributed by atoms with Gasteiger partial charge in [0.25, 0.3) is 0 Å². The minimum atomic E-state index is -0.539. The van der Waals surface area contributed by atoms with Gasteiger partial charge in [0.2, 0.25) is 0 Å². The van der Waals surface area contributed by atoms with E-state index >= 15 is 0 Å². The molecule has 0 saturated carbocycles. The van der Waals surface area contributed by atoms with Crippen LogP contribution < -0.4 is 0 Å². The van der Waals surface area contributed by atoms with Crippen molar-refractivity contribution in [3.05, 3.63) is 115 Å². The summed E-state index contributed by atoms with van der Waals surface area (Å²) in [5, 5.41) is 18.4. The lowest BCUT2D eigenvalue weighted by Crippen LogP contribution is -2.67. The highest BCUT2D eigenvalue weighted by Crippen LogP contribution is 2.49. The Kier molecular flexibility index (Phi) is 5.38. The fourth-order valence-electron chi connectivity index (χ4n) is 7.56. The second kappa shape index (κ2) is 8.79. The number of fused-ring (bicyclic) bond motifs is 6. The maximum absolute atomic E-state index is 12.1. The number of rotatable bonds is 5. The Morgan fingerprint density at radius 1 is 0.919 bits per heavy atom. The number of hydrogen-bond acceptors (Lipinski definition) is 2. The number of nitrogens with zero attached hydrogens (tertiary/aromatic N) is 2. The van der Waals surface area contributed by atoms with Crippen LogP contribution in [0.3, 0.4) is 0 Å². The highest BCUT2D eigenvalue weighted by Gasteiger charge is 2.54. The van der Waals surface area contributed by atoms with Gasteiger partial charge in [0.15, 0.2) is 0 Å². The molecule has 3 aliphatic rings. The third-order valence-electron chi connectivity index (χ3n) is 9.40. The molecule has 0 spiro atoms. The predicted octanol–water partition coefficient (Wildman–Crippen LogP) is 7.19. The van der Waals surface area contributed by atoms with Crippen LogP contribution in [-0.4, -0.2) is 33.7 Å². The first-order chi connectivity index (χ1) is 18.2. The molecule has 8 rings (SSSR count). The molecule has 0 amide bonds. The van der Waals surface area contributed by atoms with E-state index in [2.05, 4.69) is 78.3 Å². The van der Waals surface area contributed by atoms with E-state index in [1.165, 1.54) is 33.5 Å². The third-order valence-corrected chi connectivity index (χ3v) is 9.40. The zero-order valence-corrected chi connectivity index (χ0v) is 21.1. The predicted molar refractivity (Wildman–Crippen MR) is 152 cm³/mol. The first-order valence-corrected chi connectivity index (χ1v) is 13.6. The molecule has 3 saturated heterocycles. The molecule has 1 aromatic heterocycles. The van der Waals surface area contributed by atoms with Gasteiger partial charge in [-0.25, -0.2) is 0 Å². The Morgan fingerprint density at radius 3 is 2.32 bits per heavy atom. The average molecular weight is 486 g/mol. The first kappa shape index (κ1) is 22.7. The molecule has 37 heavy (non-hydrogen) atoms. The molecule has 5 atom stereocenters. The van der Waals surface area contributed by atoms with Crippen molar-refractivity contribution in [1.82, 2.24) is 4.98 Å². The van der Waals surface area contributed by atoms with Crippen LogP contribution in [0, 0.1) is 11.8 Å². The van der Waals surface area contributed by atoms with E-state index in [1.807, 2.05) is 30.5 Å². The Morgan fingerprint density at radius 2 is 1.59 bits per heavy atom. The Bertz CT molecular complexity index is 1580. The lowest BCUT2D eigenvalue weighted by Gasteiger charge is -2.58. The number of hydrogen-bond donors (Lipinski definition) is 1. The quantitative estimate of drug-likeness (QED) is 0.162. The van der Waals surface area contributed by atoms with Gasteiger partial charge in [-0.15, -0.1) is 6.58 Å². The molecule has 5 aromatic rings. The molecule has 3 aliphatic heterocycles. The summed E-state index contributed by atoms with van der Waals surface area (Å²) in [5.74, 6) is 1.09. The second-order valence-electron chi connectivity index (χ2n) is 11.2. The van der Waals surface area contributed by atoms with Crippen LogP contribution in [0.1, 0.15) is 30.1 Å². The molecule has 1 N–H and O–H groups in total. The molecular formula is C34H33N2O+. The molecule has 4 heterocycles. The van der Waals surface area contributed by atoms with Gasteiger partial charge >= 0.3 is 0 Å². The van der Waals surface area contributed by atoms with E-state index in [4.69, 9.17) is 0 Å². The summed E-state index contributed by atoms with van der Waals surface area (Å²) in [6.45, 7) is 7.28. The molecule has 4 aromatic carbocycles. The van der Waals surface area contributed by atoms with Crippen molar-refractivity contribution in [2.75, 3.05) is 13.1 Å². The topological polar surface area (TPSA) is 33.1 Å². The van der Waals surface area contributed by atoms with Crippen molar-refractivity contribution in [2.24, 2.45) is 11.8 Å². The summed E-state index contributed by atoms with van der Waals surface area (Å²) in [6, 6.07) is 30.3. The van der Waals surface area contributed by atoms with Crippen molar-refractivity contribution < 1.29 is 9.59 Å². The number of aliphatic hydroxyl groups excluding tert-OH is 1. The van der Waals surface area contributed by atoms with E-state index in [0.29, 0.717) is 11.8 Å². The molecule has 184 valence electrons. The summed E-state index contributed by atoms with van der Waals surface area (Å²) < 4.78 is 0.906. The van der Waals surface area contributed by atoms with Gasteiger partial charge in [-0.1, -0.05) is 72.8 Å². The fourth-order valence-corrected chi connectivity index (χ4v) is 7.56. The number of para-hydroxylation sites is 1. The first-order valence-electron chi connectivity index (χ1n) is 13.6. The number of aliphatic hydroxyl groups is 1. The Balaban J connectivity index is 1.39. The summed E-state index contributed by atoms with van der Waals surface area (Å²) in [6.07, 6.45) is 5.72. The standard InChI is InChI=1S/C34H33N2O/c1-2-23-21-36(22-31-27-11-5-3-9-25(27)19-26-10-4-6-12-28(26)31)18-16-24(23)20-33(36)34(37)30-15-17-35-32-14-8-7-13-29(30)32/h2-15,17,19,23-24,33-34,37H,1,16,18,20-22H2/q+1/t23?,24?,33-,34+,36?/m1/s1. The van der Waals surface area contributed by atoms with Gasteiger partial charge in [0, 0.05) is 35.9 Å². The van der Waals surface area contributed by atoms with Gasteiger partial charge in [0.05, 0.1) is 18.6 Å². The number of benzene rings is 4. The third kappa shape index (κ3) is 3.60. The zero-order chi connectivity index (χ0) is 25.0. The Labute approximate surface area is 218 Å². The van der Waals surface area contributed by atoms with Crippen LogP contribution in [0.5, 0.6) is 0 Å². The minimum absolute atomic E-state index is 0.137. The van der Waals surface area contributed by atoms with Crippen molar-refractivity contribution >= 4 is 32.4 Å². The van der Waals surface area contributed by atoms with Crippen molar-refractivity contribution in [1.29, 1.82) is 0 Å². The van der Waals surface area contributed by atoms with Crippen LogP contribution in [-0.2, 0) is 6.54 Å². The second-order valence-corrected chi connectivity index (χ2v) is 11.2. The fraction of sp³-hybridized carbons (Fsp3) is 0.265. The van der Waals surface area contributed by atoms with Crippen molar-refractivity contribution in [3.8, 4) is 0 Å². The maximum atomic E-state index is 12.1. The summed E-state index contributed by atoms with van der Waals surface area (Å²) in [7, 11) is 0. The zero-order valence-electron chi connectivity index (χ0n) is 21.1. The smallest absolute Gasteiger partial charge is 0.131 e. The highest BCUT2D eigenvalue weighted by atomic mass is 16.3. The number of quaternary nitrogens is 1. The number of piperidine rings is 3. The van der Waals surface area contributed by atoms with Crippen LogP contribution >= 0.6 is 0 Å². The number of pyridine rings is 1. The van der Waals surface area contributed by atoms with E-state index in [9.17, 15) is 5.11 Å². The maximum Gasteiger partial charge on any atom is 0.131 e. The van der Waals surface area contributed by atoms with Crippen molar-refractivity contribution in [3.63, 3.8) is 0 Å². The molecule has 3 nitrogen and oxygen atoms in total. The summed E-state index contributed by atoms with van der Waals surface area (Å²) >= 11 is 0. The normalized spacial score (nSPS) is 26.0. The van der Waals surface area contributed by atoms with Crippen molar-refractivity contribution in [2.45, 2.75) is 31.5 Å². The van der Waals surface area contributed by atoms with Crippen LogP contribution in [0.2, 0.25) is 0 Å². The van der Waals surface area contributed by atoms with Gasteiger partial charge in [0.1, 0.15) is 18.7 Å². The highest BCUT2D eigenvalue weighted by molar-refractivity contribution is 6.02. The summed E-state index contributed by atoms with van der Waals surface area (Å²) in [4.78, 5) is 4.57. The average Bonchev–Trinajstić information content (AvgIpc) is 2.96. The molecular weight excluding hydrogens is 452 g/mol. The van der Waals surface area contributed by atoms with E-state index < -0.39 is 6.10 Å². The van der Waals surface area contributed by atoms with Crippen LogP contribution in [0.4, 0.5) is 0 Å². The minimum Gasteiger partial charge on any atom is -0.382 e. The van der Waals surface area contributed by atoms with Gasteiger partial charge in [-0.3, -0.25) is 4.98 Å². The molecule has 3 heteroatoms. The molecule has 2 bridgehead atoms. The lowest BCUT2D eigenvalue weighted by atomic mass is 9.71. The summed E-state index contributed by atoms with van der Waals surface area (Å²) in [5.41, 5.74) is 3.37. The van der Waals surface area contributed by atoms with E-state index in [0.717, 1.165) is 47.0 Å². The molecule has 0 radical (unpaired) electrons. The van der Waals surface area contributed by atoms with E-state index in [1.54, 1.807) is 0 Å². The monoisotopic (exact) mass is 485 g/mol. The number of aromatic nitrogens is 1. The van der Waals surface area contributed by atoms with Crippen LogP contribution in [0.15, 0.2) is 104 Å². The largest absolute Gasteiger partial charge is 0.382 e. The van der Waals surface area contributed by atoms with Gasteiger partial charge in [-0.05, 0) is 51.2 Å². The lowest BCUT2D eigenvalue weighted by molar-refractivity contribution is -0.984. The SMILES string of the molecule is C=CC1C[N+]2(Cc3c4ccccc4cc4ccccc34)CCC1C[C@@H]2[C@@H](O)c1ccnc2ccccc12. The van der Waals surface area contributed by atoms with E-state index in [-0.39, 0.29) is 6.04 Å². The molecule has 3 unspecified atom stereocenters.